The smallest absolute Gasteiger partial charge is 0.0788 e. The maximum atomic E-state index is 5.49. The van der Waals surface area contributed by atoms with Crippen LogP contribution in [-0.4, -0.2) is 9.97 Å². The standard InChI is InChI=1S/C64H39N.C58H35N/c1-2-16-40(17-3-1)41-30-32-42(33-31-41)61-49-22-4-6-24-51(49)62(52-25-7-5-23-50(52)61)43-34-36-44(37-35-43)63-55-38-54-47-20-10-14-28-58(47)64(59(54)39-53(55)48-21-11-15-29-60(48)65-63)56-26-12-8-18-45(56)46-19-9-13-27-57(46)64;1-2-16-36(17-3-1)55-43-22-4-6-24-45(43)56(46-25-7-5-23-44(46)55)37-30-32-38(33-31-37)57-49-34-48-41-20-10-14-28-52(41)58(53(48)35-47(49)42-21-11-15-29-54(42)59-57)50-26-12-8-18-39(50)40-19-9-13-27-51(40)58/h1-39H;1-35H. The minimum atomic E-state index is -0.411. The summed E-state index contributed by atoms with van der Waals surface area (Å²) in [6, 6.07) is 166. The number of para-hydroxylation sites is 2. The molecule has 2 aromatic heterocycles. The van der Waals surface area contributed by atoms with Crippen LogP contribution in [0.2, 0.25) is 0 Å². The molecular formula is C122H74N2. The van der Waals surface area contributed by atoms with E-state index < -0.39 is 10.8 Å². The Morgan fingerprint density at radius 2 is 0.339 bits per heavy atom. The summed E-state index contributed by atoms with van der Waals surface area (Å²) in [6.45, 7) is 0. The molecule has 0 unspecified atom stereocenters. The van der Waals surface area contributed by atoms with Gasteiger partial charge in [-0.15, -0.1) is 0 Å². The van der Waals surface area contributed by atoms with E-state index in [4.69, 9.17) is 9.97 Å². The van der Waals surface area contributed by atoms with Gasteiger partial charge in [0, 0.05) is 32.7 Å². The molecule has 23 aromatic rings. The monoisotopic (exact) mass is 1570 g/mol. The normalized spacial score (nSPS) is 13.1. The third-order valence-corrected chi connectivity index (χ3v) is 27.7. The van der Waals surface area contributed by atoms with Crippen LogP contribution in [0, 0.1) is 0 Å². The molecule has 124 heavy (non-hydrogen) atoms. The molecule has 2 spiro atoms. The number of aromatic nitrogens is 2. The zero-order valence-corrected chi connectivity index (χ0v) is 67.6. The summed E-state index contributed by atoms with van der Waals surface area (Å²) < 4.78 is 0. The Kier molecular flexibility index (Phi) is 15.4. The number of rotatable bonds is 7. The molecule has 27 rings (SSSR count). The molecule has 4 aliphatic carbocycles. The second-order valence-electron chi connectivity index (χ2n) is 33.8. The third kappa shape index (κ3) is 9.99. The molecule has 2 heterocycles. The van der Waals surface area contributed by atoms with Crippen LogP contribution in [0.5, 0.6) is 0 Å². The van der Waals surface area contributed by atoms with Crippen LogP contribution in [0.1, 0.15) is 44.5 Å². The zero-order valence-electron chi connectivity index (χ0n) is 67.6. The molecule has 0 fully saturated rings. The number of hydrogen-bond donors (Lipinski definition) is 0. The largest absolute Gasteiger partial charge is 0.247 e. The molecule has 0 amide bonds. The minimum absolute atomic E-state index is 0.402. The van der Waals surface area contributed by atoms with Crippen LogP contribution >= 0.6 is 0 Å². The van der Waals surface area contributed by atoms with Gasteiger partial charge < -0.3 is 0 Å². The SMILES string of the molecule is c1ccc(-c2c3ccccc3c(-c3ccc(-c4nc5ccccc5c5cc6c(cc45)-c4ccccc4C64c5ccccc5-c5ccccc54)cc3)c3ccccc23)cc1.c1ccc(-c2ccc(-c3c4ccccc4c(-c4ccc(-c5nc6ccccc6c6cc7c(cc56)-c5ccccc5C75c6ccccc6-c6ccccc65)cc4)c4ccccc34)cc2)cc1. The number of benzene rings is 21. The number of nitrogens with zero attached hydrogens (tertiary/aromatic N) is 2. The fraction of sp³-hybridized carbons (Fsp3) is 0.0164. The molecule has 2 heteroatoms. The Morgan fingerprint density at radius 1 is 0.129 bits per heavy atom. The molecule has 0 bridgehead atoms. The van der Waals surface area contributed by atoms with E-state index in [0.717, 1.165) is 33.5 Å². The van der Waals surface area contributed by atoms with Gasteiger partial charge in [-0.2, -0.15) is 0 Å². The first-order valence-corrected chi connectivity index (χ1v) is 43.2. The van der Waals surface area contributed by atoms with Crippen molar-refractivity contribution in [3.63, 3.8) is 0 Å². The number of pyridine rings is 2. The van der Waals surface area contributed by atoms with Gasteiger partial charge in [-0.1, -0.05) is 413 Å². The van der Waals surface area contributed by atoms with E-state index in [1.54, 1.807) is 0 Å². The van der Waals surface area contributed by atoms with Crippen molar-refractivity contribution < 1.29 is 0 Å². The van der Waals surface area contributed by atoms with Gasteiger partial charge in [-0.25, -0.2) is 9.97 Å². The quantitative estimate of drug-likeness (QED) is 0.117. The molecule has 0 N–H and O–H groups in total. The van der Waals surface area contributed by atoms with E-state index in [-0.39, 0.29) is 0 Å². The third-order valence-electron chi connectivity index (χ3n) is 27.7. The summed E-state index contributed by atoms with van der Waals surface area (Å²) in [6.07, 6.45) is 0. The summed E-state index contributed by atoms with van der Waals surface area (Å²) in [5.74, 6) is 0. The maximum absolute atomic E-state index is 5.49. The van der Waals surface area contributed by atoms with Crippen LogP contribution in [0.4, 0.5) is 0 Å². The fourth-order valence-corrected chi connectivity index (χ4v) is 22.7. The molecule has 0 aliphatic heterocycles. The lowest BCUT2D eigenvalue weighted by Crippen LogP contribution is -2.25. The first-order valence-electron chi connectivity index (χ1n) is 43.2. The van der Waals surface area contributed by atoms with Crippen LogP contribution in [-0.2, 0) is 10.8 Å². The van der Waals surface area contributed by atoms with E-state index in [1.807, 2.05) is 0 Å². The van der Waals surface area contributed by atoms with Crippen molar-refractivity contribution in [1.82, 2.24) is 9.97 Å². The number of fused-ring (bicyclic) bond motifs is 30. The first-order chi connectivity index (χ1) is 61.5. The second-order valence-corrected chi connectivity index (χ2v) is 33.8. The van der Waals surface area contributed by atoms with E-state index in [2.05, 4.69) is 449 Å². The molecule has 4 aliphatic rings. The van der Waals surface area contributed by atoms with Gasteiger partial charge in [0.15, 0.2) is 0 Å². The Morgan fingerprint density at radius 3 is 0.637 bits per heavy atom. The summed E-state index contributed by atoms with van der Waals surface area (Å²) in [7, 11) is 0. The van der Waals surface area contributed by atoms with Gasteiger partial charge in [0.05, 0.1) is 33.3 Å². The zero-order chi connectivity index (χ0) is 81.3. The molecule has 0 atom stereocenters. The molecule has 572 valence electrons. The van der Waals surface area contributed by atoms with E-state index >= 15 is 0 Å². The highest BCUT2D eigenvalue weighted by molar-refractivity contribution is 6.24. The van der Waals surface area contributed by atoms with Crippen LogP contribution in [0.15, 0.2) is 449 Å². The topological polar surface area (TPSA) is 25.8 Å². The average molecular weight is 1570 g/mol. The summed E-state index contributed by atoms with van der Waals surface area (Å²) >= 11 is 0. The highest BCUT2D eigenvalue weighted by atomic mass is 14.7. The lowest BCUT2D eigenvalue weighted by Gasteiger charge is -2.30. The van der Waals surface area contributed by atoms with Gasteiger partial charge in [-0.3, -0.25) is 0 Å². The summed E-state index contributed by atoms with van der Waals surface area (Å²) in [5, 5.41) is 17.2. The second kappa shape index (κ2) is 27.3. The van der Waals surface area contributed by atoms with Crippen molar-refractivity contribution in [2.45, 2.75) is 10.8 Å². The van der Waals surface area contributed by atoms with Gasteiger partial charge >= 0.3 is 0 Å². The Bertz CT molecular complexity index is 8250. The van der Waals surface area contributed by atoms with Crippen molar-refractivity contribution >= 4 is 86.4 Å². The lowest BCUT2D eigenvalue weighted by molar-refractivity contribution is 0.795. The molecule has 0 saturated carbocycles. The first kappa shape index (κ1) is 69.9. The molecule has 21 aromatic carbocycles. The number of hydrogen-bond acceptors (Lipinski definition) is 2. The van der Waals surface area contributed by atoms with Crippen LogP contribution in [0.3, 0.4) is 0 Å². The van der Waals surface area contributed by atoms with Gasteiger partial charge in [0.25, 0.3) is 0 Å². The van der Waals surface area contributed by atoms with Crippen LogP contribution in [0.25, 0.3) is 209 Å². The summed E-state index contributed by atoms with van der Waals surface area (Å²) in [4.78, 5) is 11.0. The molecule has 2 nitrogen and oxygen atoms in total. The summed E-state index contributed by atoms with van der Waals surface area (Å²) in [5.41, 5.74) is 39.0. The van der Waals surface area contributed by atoms with Gasteiger partial charge in [0.2, 0.25) is 0 Å². The van der Waals surface area contributed by atoms with Gasteiger partial charge in [0.1, 0.15) is 0 Å². The van der Waals surface area contributed by atoms with E-state index in [1.165, 1.54) is 220 Å². The predicted molar refractivity (Wildman–Crippen MR) is 519 cm³/mol. The molecule has 0 saturated heterocycles. The Labute approximate surface area is 718 Å². The van der Waals surface area contributed by atoms with Gasteiger partial charge in [-0.05, 0) is 235 Å². The van der Waals surface area contributed by atoms with Crippen molar-refractivity contribution in [3.05, 3.63) is 493 Å². The van der Waals surface area contributed by atoms with E-state index in [9.17, 15) is 0 Å². The van der Waals surface area contributed by atoms with E-state index in [0.29, 0.717) is 0 Å². The highest BCUT2D eigenvalue weighted by Crippen LogP contribution is 2.66. The lowest BCUT2D eigenvalue weighted by atomic mass is 9.70. The maximum Gasteiger partial charge on any atom is 0.0788 e. The predicted octanol–water partition coefficient (Wildman–Crippen LogP) is 31.7. The molecule has 0 radical (unpaired) electrons. The molecular weight excluding hydrogens is 1490 g/mol. The van der Waals surface area contributed by atoms with Crippen LogP contribution < -0.4 is 0 Å². The fourth-order valence-electron chi connectivity index (χ4n) is 22.7. The highest BCUT2D eigenvalue weighted by Gasteiger charge is 2.53. The van der Waals surface area contributed by atoms with Crippen molar-refractivity contribution in [2.24, 2.45) is 0 Å². The van der Waals surface area contributed by atoms with Crippen molar-refractivity contribution in [1.29, 1.82) is 0 Å². The minimum Gasteiger partial charge on any atom is -0.247 e. The Balaban J connectivity index is 0.000000133. The Hall–Kier alpha value is -16.0. The van der Waals surface area contributed by atoms with Crippen molar-refractivity contribution in [2.75, 3.05) is 0 Å². The van der Waals surface area contributed by atoms with Crippen molar-refractivity contribution in [3.8, 4) is 123 Å². The average Bonchev–Trinajstić information content (AvgIpc) is 1.51.